The molecule has 1 aliphatic carbocycles. The van der Waals surface area contributed by atoms with Gasteiger partial charge in [-0.05, 0) is 30.2 Å². The normalized spacial score (nSPS) is 24.0. The van der Waals surface area contributed by atoms with E-state index in [9.17, 15) is 9.59 Å². The minimum absolute atomic E-state index is 0.0528. The van der Waals surface area contributed by atoms with E-state index < -0.39 is 0 Å². The molecule has 0 N–H and O–H groups in total. The molecule has 27 heavy (non-hydrogen) atoms. The van der Waals surface area contributed by atoms with Crippen LogP contribution >= 0.6 is 0 Å². The Hall–Kier alpha value is -2.22. The fraction of sp³-hybridized carbons (Fsp3) is 0.440. The third-order valence-electron chi connectivity index (χ3n) is 6.21. The van der Waals surface area contributed by atoms with Crippen molar-refractivity contribution < 1.29 is 9.59 Å². The number of hydrogen-bond acceptors (Lipinski definition) is 2. The molecule has 1 fully saturated rings. The summed E-state index contributed by atoms with van der Waals surface area (Å²) in [5.41, 5.74) is 1.84. The number of Topliss-reactive ketones (excluding diaryl/α,β-unsaturated/α-hetero) is 2. The van der Waals surface area contributed by atoms with Gasteiger partial charge in [0.25, 0.3) is 0 Å². The van der Waals surface area contributed by atoms with Crippen LogP contribution in [0.1, 0.15) is 61.9 Å². The lowest BCUT2D eigenvalue weighted by Gasteiger charge is -2.39. The highest BCUT2D eigenvalue weighted by Gasteiger charge is 2.42. The Bertz CT molecular complexity index is 763. The van der Waals surface area contributed by atoms with Crippen molar-refractivity contribution in [3.63, 3.8) is 0 Å². The van der Waals surface area contributed by atoms with Gasteiger partial charge in [-0.25, -0.2) is 0 Å². The zero-order valence-electron chi connectivity index (χ0n) is 16.6. The molecule has 2 aromatic rings. The largest absolute Gasteiger partial charge is 0.299 e. The first kappa shape index (κ1) is 19.5. The number of ketones is 2. The average Bonchev–Trinajstić information content (AvgIpc) is 2.68. The van der Waals surface area contributed by atoms with Crippen LogP contribution in [0.5, 0.6) is 0 Å². The lowest BCUT2D eigenvalue weighted by atomic mass is 9.63. The lowest BCUT2D eigenvalue weighted by molar-refractivity contribution is -0.133. The SMILES string of the molecule is CC(C)[C@H]1CC[C@@H](C)[C@@H]([C@@H](CC(=O)c2ccccc2)c2ccccc2)C1=O. The summed E-state index contributed by atoms with van der Waals surface area (Å²) in [5, 5.41) is 0. The van der Waals surface area contributed by atoms with E-state index in [0.29, 0.717) is 24.0 Å². The van der Waals surface area contributed by atoms with Crippen LogP contribution in [0.15, 0.2) is 60.7 Å². The zero-order chi connectivity index (χ0) is 19.4. The Morgan fingerprint density at radius 2 is 1.56 bits per heavy atom. The molecule has 0 heterocycles. The van der Waals surface area contributed by atoms with Crippen molar-refractivity contribution in [2.45, 2.75) is 46.0 Å². The standard InChI is InChI=1S/C25H30O2/c1-17(2)21-15-14-18(3)24(25(21)27)22(19-10-6-4-7-11-19)16-23(26)20-12-8-5-9-13-20/h4-13,17-18,21-22,24H,14-16H2,1-3H3/t18-,21-,22+,24+/m1/s1. The van der Waals surface area contributed by atoms with Crippen molar-refractivity contribution in [2.75, 3.05) is 0 Å². The first-order chi connectivity index (χ1) is 13.0. The summed E-state index contributed by atoms with van der Waals surface area (Å²) in [4.78, 5) is 26.4. The molecule has 0 bridgehead atoms. The van der Waals surface area contributed by atoms with Crippen LogP contribution < -0.4 is 0 Å². The van der Waals surface area contributed by atoms with E-state index in [-0.39, 0.29) is 23.5 Å². The minimum atomic E-state index is -0.0822. The van der Waals surface area contributed by atoms with E-state index in [4.69, 9.17) is 0 Å². The number of rotatable bonds is 6. The van der Waals surface area contributed by atoms with Gasteiger partial charge in [0.15, 0.2) is 5.78 Å². The summed E-state index contributed by atoms with van der Waals surface area (Å²) < 4.78 is 0. The van der Waals surface area contributed by atoms with Crippen molar-refractivity contribution in [2.24, 2.45) is 23.7 Å². The van der Waals surface area contributed by atoms with Crippen LogP contribution in [0.3, 0.4) is 0 Å². The summed E-state index contributed by atoms with van der Waals surface area (Å²) in [7, 11) is 0. The van der Waals surface area contributed by atoms with E-state index in [1.807, 2.05) is 48.5 Å². The summed E-state index contributed by atoms with van der Waals surface area (Å²) in [6.07, 6.45) is 2.42. The van der Waals surface area contributed by atoms with Crippen LogP contribution in [-0.2, 0) is 4.79 Å². The van der Waals surface area contributed by atoms with Crippen LogP contribution in [0.4, 0.5) is 0 Å². The monoisotopic (exact) mass is 362 g/mol. The zero-order valence-corrected chi connectivity index (χ0v) is 16.6. The molecule has 3 rings (SSSR count). The van der Waals surface area contributed by atoms with Gasteiger partial charge in [-0.2, -0.15) is 0 Å². The van der Waals surface area contributed by atoms with E-state index in [0.717, 1.165) is 24.0 Å². The van der Waals surface area contributed by atoms with Gasteiger partial charge in [-0.15, -0.1) is 0 Å². The van der Waals surface area contributed by atoms with Gasteiger partial charge in [0.2, 0.25) is 0 Å². The molecule has 0 aromatic heterocycles. The second kappa shape index (κ2) is 8.65. The molecule has 2 aromatic carbocycles. The highest BCUT2D eigenvalue weighted by Crippen LogP contribution is 2.43. The van der Waals surface area contributed by atoms with Gasteiger partial charge in [-0.3, -0.25) is 9.59 Å². The summed E-state index contributed by atoms with van der Waals surface area (Å²) in [6.45, 7) is 6.46. The number of benzene rings is 2. The Balaban J connectivity index is 1.94. The van der Waals surface area contributed by atoms with Crippen LogP contribution in [0.2, 0.25) is 0 Å². The lowest BCUT2D eigenvalue weighted by Crippen LogP contribution is -2.40. The minimum Gasteiger partial charge on any atom is -0.299 e. The fourth-order valence-electron chi connectivity index (χ4n) is 4.64. The van der Waals surface area contributed by atoms with E-state index >= 15 is 0 Å². The van der Waals surface area contributed by atoms with Crippen molar-refractivity contribution in [3.05, 3.63) is 71.8 Å². The Morgan fingerprint density at radius 3 is 2.15 bits per heavy atom. The molecule has 142 valence electrons. The number of carbonyl (C=O) groups excluding carboxylic acids is 2. The first-order valence-corrected chi connectivity index (χ1v) is 10.2. The molecule has 4 atom stereocenters. The molecule has 0 amide bonds. The average molecular weight is 363 g/mol. The Labute approximate surface area is 163 Å². The molecule has 1 aliphatic rings. The predicted molar refractivity (Wildman–Crippen MR) is 110 cm³/mol. The molecular formula is C25H30O2. The predicted octanol–water partition coefficient (Wildman–Crippen LogP) is 5.93. The van der Waals surface area contributed by atoms with E-state index in [1.54, 1.807) is 0 Å². The molecule has 1 saturated carbocycles. The van der Waals surface area contributed by atoms with Gasteiger partial charge in [0.1, 0.15) is 5.78 Å². The Kier molecular flexibility index (Phi) is 6.26. The Morgan fingerprint density at radius 1 is 0.963 bits per heavy atom. The molecule has 0 aliphatic heterocycles. The maximum atomic E-state index is 13.4. The number of carbonyl (C=O) groups is 2. The second-order valence-electron chi connectivity index (χ2n) is 8.34. The van der Waals surface area contributed by atoms with Gasteiger partial charge in [0.05, 0.1) is 0 Å². The summed E-state index contributed by atoms with van der Waals surface area (Å²) in [6, 6.07) is 19.6. The number of hydrogen-bond donors (Lipinski definition) is 0. The molecule has 0 saturated heterocycles. The van der Waals surface area contributed by atoms with Crippen molar-refractivity contribution in [3.8, 4) is 0 Å². The van der Waals surface area contributed by atoms with Crippen LogP contribution in [0, 0.1) is 23.7 Å². The van der Waals surface area contributed by atoms with Crippen molar-refractivity contribution >= 4 is 11.6 Å². The topological polar surface area (TPSA) is 34.1 Å². The smallest absolute Gasteiger partial charge is 0.163 e. The van der Waals surface area contributed by atoms with Crippen LogP contribution in [-0.4, -0.2) is 11.6 Å². The summed E-state index contributed by atoms with van der Waals surface area (Å²) >= 11 is 0. The second-order valence-corrected chi connectivity index (χ2v) is 8.34. The first-order valence-electron chi connectivity index (χ1n) is 10.2. The maximum Gasteiger partial charge on any atom is 0.163 e. The van der Waals surface area contributed by atoms with E-state index in [2.05, 4.69) is 32.9 Å². The quantitative estimate of drug-likeness (QED) is 0.597. The van der Waals surface area contributed by atoms with E-state index in [1.165, 1.54) is 0 Å². The van der Waals surface area contributed by atoms with Crippen LogP contribution in [0.25, 0.3) is 0 Å². The van der Waals surface area contributed by atoms with Gasteiger partial charge in [-0.1, -0.05) is 81.4 Å². The molecule has 2 nitrogen and oxygen atoms in total. The van der Waals surface area contributed by atoms with Gasteiger partial charge < -0.3 is 0 Å². The molecule has 2 heteroatoms. The molecular weight excluding hydrogens is 332 g/mol. The third kappa shape index (κ3) is 4.37. The summed E-state index contributed by atoms with van der Waals surface area (Å²) in [5.74, 6) is 1.12. The molecule has 0 unspecified atom stereocenters. The third-order valence-corrected chi connectivity index (χ3v) is 6.21. The fourth-order valence-corrected chi connectivity index (χ4v) is 4.64. The molecule has 0 spiro atoms. The van der Waals surface area contributed by atoms with Crippen molar-refractivity contribution in [1.29, 1.82) is 0 Å². The van der Waals surface area contributed by atoms with Gasteiger partial charge in [0, 0.05) is 29.7 Å². The maximum absolute atomic E-state index is 13.4. The highest BCUT2D eigenvalue weighted by atomic mass is 16.1. The van der Waals surface area contributed by atoms with Gasteiger partial charge >= 0.3 is 0 Å². The molecule has 0 radical (unpaired) electrons. The highest BCUT2D eigenvalue weighted by molar-refractivity contribution is 5.97. The van der Waals surface area contributed by atoms with Crippen molar-refractivity contribution in [1.82, 2.24) is 0 Å².